The molecule has 0 atom stereocenters. The maximum atomic E-state index is 12.8. The van der Waals surface area contributed by atoms with Crippen LogP contribution in [0.3, 0.4) is 0 Å². The maximum absolute atomic E-state index is 12.8. The molecule has 0 radical (unpaired) electrons. The molecular weight excluding hydrogens is 470 g/mol. The second kappa shape index (κ2) is 11.0. The fraction of sp³-hybridized carbons (Fsp3) is 0.429. The van der Waals surface area contributed by atoms with Crippen molar-refractivity contribution >= 4 is 33.0 Å². The van der Waals surface area contributed by atoms with E-state index < -0.39 is 9.84 Å². The molecule has 0 aliphatic carbocycles. The maximum Gasteiger partial charge on any atom is 0.229 e. The molecule has 7 nitrogen and oxygen atoms in total. The molecule has 8 heteroatoms. The first-order chi connectivity index (χ1) is 17.1. The first-order valence-corrected chi connectivity index (χ1v) is 14.2. The summed E-state index contributed by atoms with van der Waals surface area (Å²) in [5.41, 5.74) is 3.43. The summed E-state index contributed by atoms with van der Waals surface area (Å²) in [6.07, 6.45) is 5.67. The normalized spacial score (nSPS) is 15.0. The van der Waals surface area contributed by atoms with Crippen LogP contribution >= 0.6 is 0 Å². The van der Waals surface area contributed by atoms with Crippen molar-refractivity contribution in [3.05, 3.63) is 65.9 Å². The minimum Gasteiger partial charge on any atom is -0.340 e. The van der Waals surface area contributed by atoms with Gasteiger partial charge in [-0.3, -0.25) is 4.90 Å². The number of hydrogen-bond acceptors (Lipinski definition) is 7. The summed E-state index contributed by atoms with van der Waals surface area (Å²) in [4.78, 5) is 11.9. The van der Waals surface area contributed by atoms with Crippen LogP contribution in [0, 0.1) is 12.3 Å². The van der Waals surface area contributed by atoms with Crippen molar-refractivity contribution in [3.8, 4) is 0 Å². The van der Waals surface area contributed by atoms with E-state index in [1.54, 1.807) is 24.4 Å². The molecule has 1 fully saturated rings. The second-order valence-electron chi connectivity index (χ2n) is 10.9. The molecule has 0 spiro atoms. The molecule has 3 aromatic rings. The van der Waals surface area contributed by atoms with Crippen LogP contribution in [-0.4, -0.2) is 42.1 Å². The van der Waals surface area contributed by atoms with E-state index in [0.717, 1.165) is 17.8 Å². The molecule has 0 amide bonds. The molecule has 1 aliphatic heterocycles. The van der Waals surface area contributed by atoms with Gasteiger partial charge in [-0.15, -0.1) is 0 Å². The third-order valence-corrected chi connectivity index (χ3v) is 8.33. The minimum atomic E-state index is -3.39. The van der Waals surface area contributed by atoms with Gasteiger partial charge in [-0.05, 0) is 74.2 Å². The summed E-state index contributed by atoms with van der Waals surface area (Å²) in [5, 5.41) is 6.55. The zero-order valence-corrected chi connectivity index (χ0v) is 22.5. The number of anilines is 4. The van der Waals surface area contributed by atoms with E-state index in [2.05, 4.69) is 49.8 Å². The van der Waals surface area contributed by atoms with E-state index in [0.29, 0.717) is 22.3 Å². The van der Waals surface area contributed by atoms with Crippen LogP contribution in [0.4, 0.5) is 23.1 Å². The Kier molecular flexibility index (Phi) is 7.95. The number of benzene rings is 2. The van der Waals surface area contributed by atoms with Crippen LogP contribution in [0.25, 0.3) is 0 Å². The van der Waals surface area contributed by atoms with E-state index in [1.165, 1.54) is 37.9 Å². The molecule has 0 bridgehead atoms. The van der Waals surface area contributed by atoms with Crippen molar-refractivity contribution < 1.29 is 8.42 Å². The molecular formula is C28H37N5O2S. The summed E-state index contributed by atoms with van der Waals surface area (Å²) < 4.78 is 25.7. The molecule has 2 heterocycles. The van der Waals surface area contributed by atoms with Gasteiger partial charge in [0.15, 0.2) is 9.84 Å². The summed E-state index contributed by atoms with van der Waals surface area (Å²) in [6.45, 7) is 11.0. The first-order valence-electron chi connectivity index (χ1n) is 12.6. The number of rotatable bonds is 8. The number of nitrogens with zero attached hydrogens (tertiary/aromatic N) is 3. The Labute approximate surface area is 215 Å². The Bertz CT molecular complexity index is 1280. The topological polar surface area (TPSA) is 87.2 Å². The van der Waals surface area contributed by atoms with Crippen molar-refractivity contribution in [1.82, 2.24) is 14.9 Å². The first kappa shape index (κ1) is 26.1. The van der Waals surface area contributed by atoms with E-state index in [-0.39, 0.29) is 11.2 Å². The Morgan fingerprint density at radius 3 is 2.36 bits per heavy atom. The van der Waals surface area contributed by atoms with Gasteiger partial charge in [0.05, 0.1) is 10.6 Å². The van der Waals surface area contributed by atoms with Crippen LogP contribution in [0.5, 0.6) is 0 Å². The predicted molar refractivity (Wildman–Crippen MR) is 147 cm³/mol. The number of piperidine rings is 1. The molecule has 2 aromatic carbocycles. The van der Waals surface area contributed by atoms with Gasteiger partial charge >= 0.3 is 0 Å². The highest BCUT2D eigenvalue weighted by Gasteiger charge is 2.23. The van der Waals surface area contributed by atoms with Crippen LogP contribution < -0.4 is 10.6 Å². The quantitative estimate of drug-likeness (QED) is 0.382. The van der Waals surface area contributed by atoms with E-state index in [1.807, 2.05) is 33.8 Å². The van der Waals surface area contributed by atoms with E-state index in [4.69, 9.17) is 0 Å². The SMILES string of the molecule is Cc1cnc(Nc2ccc(CN3CCCCC3)cc2)nc1Nc1cccc(S(=O)(=O)CC(C)(C)C)c1. The lowest BCUT2D eigenvalue weighted by Gasteiger charge is -2.26. The highest BCUT2D eigenvalue weighted by molar-refractivity contribution is 7.91. The van der Waals surface area contributed by atoms with Gasteiger partial charge in [0, 0.05) is 29.7 Å². The molecule has 1 aliphatic rings. The molecule has 1 aromatic heterocycles. The van der Waals surface area contributed by atoms with E-state index >= 15 is 0 Å². The van der Waals surface area contributed by atoms with Crippen molar-refractivity contribution in [2.75, 3.05) is 29.5 Å². The molecule has 36 heavy (non-hydrogen) atoms. The van der Waals surface area contributed by atoms with E-state index in [9.17, 15) is 8.42 Å². The highest BCUT2D eigenvalue weighted by Crippen LogP contribution is 2.26. The number of aryl methyl sites for hydroxylation is 1. The fourth-order valence-corrected chi connectivity index (χ4v) is 6.28. The zero-order chi connectivity index (χ0) is 25.8. The van der Waals surface area contributed by atoms with Crippen molar-refractivity contribution in [2.45, 2.75) is 58.4 Å². The monoisotopic (exact) mass is 507 g/mol. The Morgan fingerprint density at radius 2 is 1.67 bits per heavy atom. The molecule has 4 rings (SSSR count). The van der Waals surface area contributed by atoms with Gasteiger partial charge in [-0.1, -0.05) is 45.4 Å². The standard InChI is InChI=1S/C28H37N5O2S/c1-21-18-29-27(31-23-13-11-22(12-14-23)19-33-15-6-5-7-16-33)32-26(21)30-24-9-8-10-25(17-24)36(34,35)20-28(2,3)4/h8-14,17-18H,5-7,15-16,19-20H2,1-4H3,(H2,29,30,31,32). The van der Waals surface area contributed by atoms with Crippen molar-refractivity contribution in [1.29, 1.82) is 0 Å². The van der Waals surface area contributed by atoms with Crippen LogP contribution in [0.2, 0.25) is 0 Å². The number of sulfone groups is 1. The lowest BCUT2D eigenvalue weighted by molar-refractivity contribution is 0.221. The zero-order valence-electron chi connectivity index (χ0n) is 21.7. The Morgan fingerprint density at radius 1 is 0.944 bits per heavy atom. The molecule has 0 unspecified atom stereocenters. The molecule has 0 saturated carbocycles. The van der Waals surface area contributed by atoms with Gasteiger partial charge < -0.3 is 10.6 Å². The minimum absolute atomic E-state index is 0.0842. The summed E-state index contributed by atoms with van der Waals surface area (Å²) in [6, 6.07) is 15.3. The molecule has 2 N–H and O–H groups in total. The third kappa shape index (κ3) is 7.27. The highest BCUT2D eigenvalue weighted by atomic mass is 32.2. The molecule has 1 saturated heterocycles. The third-order valence-electron chi connectivity index (χ3n) is 6.12. The number of likely N-dealkylation sites (tertiary alicyclic amines) is 1. The lowest BCUT2D eigenvalue weighted by atomic mass is 10.0. The van der Waals surface area contributed by atoms with Crippen LogP contribution in [0.15, 0.2) is 59.6 Å². The fourth-order valence-electron chi connectivity index (χ4n) is 4.38. The van der Waals surface area contributed by atoms with Gasteiger partial charge in [0.1, 0.15) is 5.82 Å². The summed E-state index contributed by atoms with van der Waals surface area (Å²) >= 11 is 0. The van der Waals surface area contributed by atoms with Gasteiger partial charge in [0.2, 0.25) is 5.95 Å². The smallest absolute Gasteiger partial charge is 0.229 e. The average molecular weight is 508 g/mol. The lowest BCUT2D eigenvalue weighted by Crippen LogP contribution is -2.29. The predicted octanol–water partition coefficient (Wildman–Crippen LogP) is 6.08. The van der Waals surface area contributed by atoms with Crippen molar-refractivity contribution in [3.63, 3.8) is 0 Å². The van der Waals surface area contributed by atoms with Gasteiger partial charge in [-0.2, -0.15) is 4.98 Å². The largest absolute Gasteiger partial charge is 0.340 e. The number of hydrogen-bond donors (Lipinski definition) is 2. The van der Waals surface area contributed by atoms with Crippen LogP contribution in [-0.2, 0) is 16.4 Å². The summed E-state index contributed by atoms with van der Waals surface area (Å²) in [5.74, 6) is 1.18. The van der Waals surface area contributed by atoms with Gasteiger partial charge in [0.25, 0.3) is 0 Å². The Balaban J connectivity index is 1.45. The van der Waals surface area contributed by atoms with Gasteiger partial charge in [-0.25, -0.2) is 13.4 Å². The van der Waals surface area contributed by atoms with Crippen LogP contribution in [0.1, 0.15) is 51.2 Å². The summed E-state index contributed by atoms with van der Waals surface area (Å²) in [7, 11) is -3.39. The molecule has 192 valence electrons. The second-order valence-corrected chi connectivity index (χ2v) is 12.8. The van der Waals surface area contributed by atoms with Crippen molar-refractivity contribution in [2.24, 2.45) is 5.41 Å². The average Bonchev–Trinajstić information content (AvgIpc) is 2.82. The Hall–Kier alpha value is -2.97. The number of aromatic nitrogens is 2. The number of nitrogens with one attached hydrogen (secondary N) is 2.